The van der Waals surface area contributed by atoms with Gasteiger partial charge in [0.1, 0.15) is 11.4 Å². The second kappa shape index (κ2) is 10.2. The van der Waals surface area contributed by atoms with E-state index in [2.05, 4.69) is 82.8 Å². The van der Waals surface area contributed by atoms with Gasteiger partial charge in [-0.3, -0.25) is 19.6 Å². The maximum absolute atomic E-state index is 12.4. The van der Waals surface area contributed by atoms with Crippen molar-refractivity contribution in [3.05, 3.63) is 120 Å². The van der Waals surface area contributed by atoms with Crippen LogP contribution in [0.3, 0.4) is 0 Å². The second-order valence-corrected chi connectivity index (χ2v) is 11.2. The molecule has 0 saturated carbocycles. The topological polar surface area (TPSA) is 68.9 Å². The Kier molecular flexibility index (Phi) is 6.03. The lowest BCUT2D eigenvalue weighted by molar-refractivity contribution is -0.117. The number of hydrogen-bond donors (Lipinski definition) is 0. The molecule has 3 aliphatic heterocycles. The molecule has 0 unspecified atom stereocenters. The molecule has 7 heteroatoms. The Balaban J connectivity index is 0.000000141. The molecule has 0 spiro atoms. The third-order valence-corrected chi connectivity index (χ3v) is 8.28. The summed E-state index contributed by atoms with van der Waals surface area (Å²) in [7, 11) is 0. The summed E-state index contributed by atoms with van der Waals surface area (Å²) in [5.41, 5.74) is 8.53. The number of Topliss-reactive ketones (excluding diaryl/α,β-unsaturated/α-hetero) is 1. The molecular formula is C36H29N5O2. The van der Waals surface area contributed by atoms with Gasteiger partial charge in [0.25, 0.3) is 0 Å². The van der Waals surface area contributed by atoms with Crippen LogP contribution in [-0.2, 0) is 9.59 Å². The molecule has 1 aliphatic carbocycles. The largest absolute Gasteiger partial charge is 0.365 e. The highest BCUT2D eigenvalue weighted by Crippen LogP contribution is 2.36. The minimum absolute atomic E-state index is 0.00546. The molecule has 210 valence electrons. The van der Waals surface area contributed by atoms with Gasteiger partial charge in [-0.25, -0.2) is 0 Å². The number of hydrogen-bond acceptors (Lipinski definition) is 7. The Hall–Kier alpha value is -5.30. The van der Waals surface area contributed by atoms with Crippen molar-refractivity contribution >= 4 is 33.4 Å². The lowest BCUT2D eigenvalue weighted by Gasteiger charge is -2.21. The van der Waals surface area contributed by atoms with Crippen LogP contribution in [-0.4, -0.2) is 75.5 Å². The quantitative estimate of drug-likeness (QED) is 0.163. The minimum atomic E-state index is 0.00546. The SMILES string of the molecule is O=C1C=C(N2CC2)C(=O)C(N2CC2)=C1N1CC1.c1ccc(-c2ccnc3c2ccc2c(-c4ccccc4)ccnc23)cc1. The summed E-state index contributed by atoms with van der Waals surface area (Å²) in [6, 6.07) is 29.3. The molecule has 0 amide bonds. The summed E-state index contributed by atoms with van der Waals surface area (Å²) in [5.74, 6) is 0.0485. The van der Waals surface area contributed by atoms with Crippen LogP contribution in [0.1, 0.15) is 0 Å². The molecule has 7 nitrogen and oxygen atoms in total. The maximum atomic E-state index is 12.4. The predicted molar refractivity (Wildman–Crippen MR) is 168 cm³/mol. The van der Waals surface area contributed by atoms with E-state index in [1.54, 1.807) is 0 Å². The van der Waals surface area contributed by atoms with Crippen LogP contribution in [0.4, 0.5) is 0 Å². The fraction of sp³-hybridized carbons (Fsp3) is 0.167. The van der Waals surface area contributed by atoms with Gasteiger partial charge in [-0.15, -0.1) is 0 Å². The number of allylic oxidation sites excluding steroid dienone is 1. The first-order valence-corrected chi connectivity index (χ1v) is 14.7. The summed E-state index contributed by atoms with van der Waals surface area (Å²) >= 11 is 0. The Labute approximate surface area is 249 Å². The molecule has 0 N–H and O–H groups in total. The first kappa shape index (κ1) is 25.4. The van der Waals surface area contributed by atoms with Crippen molar-refractivity contribution in [2.24, 2.45) is 0 Å². The van der Waals surface area contributed by atoms with Crippen LogP contribution in [0.25, 0.3) is 44.1 Å². The summed E-state index contributed by atoms with van der Waals surface area (Å²) in [4.78, 5) is 39.8. The predicted octanol–water partition coefficient (Wildman–Crippen LogP) is 5.30. The average molecular weight is 564 g/mol. The van der Waals surface area contributed by atoms with Crippen LogP contribution in [0, 0.1) is 0 Å². The molecule has 2 aromatic heterocycles. The number of ketones is 2. The Morgan fingerprint density at radius 3 is 1.44 bits per heavy atom. The van der Waals surface area contributed by atoms with Crippen molar-refractivity contribution in [2.45, 2.75) is 0 Å². The highest BCUT2D eigenvalue weighted by molar-refractivity contribution is 6.22. The van der Waals surface area contributed by atoms with E-state index in [1.807, 2.05) is 39.2 Å². The lowest BCUT2D eigenvalue weighted by atomic mass is 9.97. The fourth-order valence-electron chi connectivity index (χ4n) is 5.84. The van der Waals surface area contributed by atoms with Crippen LogP contribution in [0.2, 0.25) is 0 Å². The van der Waals surface area contributed by atoms with E-state index in [1.165, 1.54) is 28.3 Å². The van der Waals surface area contributed by atoms with Crippen molar-refractivity contribution in [2.75, 3.05) is 39.3 Å². The van der Waals surface area contributed by atoms with E-state index < -0.39 is 0 Å². The van der Waals surface area contributed by atoms with Crippen LogP contribution < -0.4 is 0 Å². The van der Waals surface area contributed by atoms with Gasteiger partial charge in [-0.1, -0.05) is 72.8 Å². The molecule has 0 radical (unpaired) electrons. The molecule has 0 atom stereocenters. The normalized spacial score (nSPS) is 17.2. The Bertz CT molecular complexity index is 1870. The molecular weight excluding hydrogens is 534 g/mol. The number of benzene rings is 3. The number of aromatic nitrogens is 2. The van der Waals surface area contributed by atoms with Gasteiger partial charge in [0.2, 0.25) is 11.6 Å². The van der Waals surface area contributed by atoms with E-state index in [4.69, 9.17) is 0 Å². The molecule has 3 aromatic carbocycles. The van der Waals surface area contributed by atoms with Gasteiger partial charge < -0.3 is 14.7 Å². The number of carbonyl (C=O) groups is 2. The number of fused-ring (bicyclic) bond motifs is 3. The van der Waals surface area contributed by atoms with Crippen LogP contribution in [0.15, 0.2) is 120 Å². The zero-order valence-corrected chi connectivity index (χ0v) is 23.6. The van der Waals surface area contributed by atoms with E-state index >= 15 is 0 Å². The standard InChI is InChI=1S/C24H16N2.C12H13N3O2/c1-3-7-17(8-4-1)19-13-15-25-23-21(19)11-12-22-20(14-16-26-24(22)23)18-9-5-2-6-10-18;16-9-7-8(13-1-2-13)12(17)11(15-5-6-15)10(9)14-3-4-14/h1-16H;7H,1-6H2. The summed E-state index contributed by atoms with van der Waals surface area (Å²) in [6.07, 6.45) is 5.28. The zero-order chi connectivity index (χ0) is 28.9. The van der Waals surface area contributed by atoms with E-state index in [0.29, 0.717) is 17.1 Å². The Morgan fingerprint density at radius 1 is 0.512 bits per heavy atom. The molecule has 3 fully saturated rings. The molecule has 0 bridgehead atoms. The fourth-order valence-corrected chi connectivity index (χ4v) is 5.84. The molecule has 5 heterocycles. The zero-order valence-electron chi connectivity index (χ0n) is 23.6. The first-order valence-electron chi connectivity index (χ1n) is 14.7. The number of nitrogens with zero attached hydrogens (tertiary/aromatic N) is 5. The van der Waals surface area contributed by atoms with Crippen molar-refractivity contribution in [1.29, 1.82) is 0 Å². The first-order chi connectivity index (χ1) is 21.2. The van der Waals surface area contributed by atoms with E-state index in [-0.39, 0.29) is 11.6 Å². The monoisotopic (exact) mass is 563 g/mol. The van der Waals surface area contributed by atoms with Gasteiger partial charge in [0.05, 0.1) is 16.7 Å². The second-order valence-electron chi connectivity index (χ2n) is 11.2. The summed E-state index contributed by atoms with van der Waals surface area (Å²) in [5, 5.41) is 2.26. The highest BCUT2D eigenvalue weighted by Gasteiger charge is 2.43. The summed E-state index contributed by atoms with van der Waals surface area (Å²) in [6.45, 7) is 5.41. The third kappa shape index (κ3) is 4.73. The van der Waals surface area contributed by atoms with Gasteiger partial charge in [0.15, 0.2) is 0 Å². The number of rotatable bonds is 5. The maximum Gasteiger partial charge on any atom is 0.227 e. The van der Waals surface area contributed by atoms with Crippen molar-refractivity contribution < 1.29 is 9.59 Å². The smallest absolute Gasteiger partial charge is 0.227 e. The summed E-state index contributed by atoms with van der Waals surface area (Å²) < 4.78 is 0. The van der Waals surface area contributed by atoms with Crippen molar-refractivity contribution in [3.63, 3.8) is 0 Å². The molecule has 5 aromatic rings. The average Bonchev–Trinajstić information content (AvgIpc) is 3.88. The molecule has 9 rings (SSSR count). The van der Waals surface area contributed by atoms with E-state index in [9.17, 15) is 9.59 Å². The molecule has 43 heavy (non-hydrogen) atoms. The molecule has 3 saturated heterocycles. The number of pyridine rings is 2. The van der Waals surface area contributed by atoms with Crippen molar-refractivity contribution in [1.82, 2.24) is 24.7 Å². The third-order valence-electron chi connectivity index (χ3n) is 8.28. The van der Waals surface area contributed by atoms with Gasteiger partial charge >= 0.3 is 0 Å². The van der Waals surface area contributed by atoms with Crippen LogP contribution in [0.5, 0.6) is 0 Å². The molecule has 4 aliphatic rings. The van der Waals surface area contributed by atoms with Crippen LogP contribution >= 0.6 is 0 Å². The minimum Gasteiger partial charge on any atom is -0.365 e. The highest BCUT2D eigenvalue weighted by atomic mass is 16.1. The van der Waals surface area contributed by atoms with Gasteiger partial charge in [-0.05, 0) is 34.4 Å². The van der Waals surface area contributed by atoms with Gasteiger partial charge in [-0.2, -0.15) is 0 Å². The lowest BCUT2D eigenvalue weighted by Crippen LogP contribution is -2.29. The Morgan fingerprint density at radius 2 is 0.977 bits per heavy atom. The number of carbonyl (C=O) groups excluding carboxylic acids is 2. The van der Waals surface area contributed by atoms with Crippen molar-refractivity contribution in [3.8, 4) is 22.3 Å². The van der Waals surface area contributed by atoms with Gasteiger partial charge in [0, 0.05) is 68.5 Å². The van der Waals surface area contributed by atoms with E-state index in [0.717, 1.165) is 61.1 Å².